The Labute approximate surface area is 129 Å². The first kappa shape index (κ1) is 19.3. The lowest BCUT2D eigenvalue weighted by Crippen LogP contribution is -2.67. The van der Waals surface area contributed by atoms with Gasteiger partial charge in [-0.25, -0.2) is 0 Å². The van der Waals surface area contributed by atoms with Crippen LogP contribution in [-0.2, 0) is 4.79 Å². The van der Waals surface area contributed by atoms with Crippen molar-refractivity contribution in [2.75, 3.05) is 13.2 Å². The molecule has 0 aromatic rings. The van der Waals surface area contributed by atoms with Crippen molar-refractivity contribution in [2.45, 2.75) is 69.1 Å². The third-order valence-electron chi connectivity index (χ3n) is 4.16. The number of hydrogen-bond donors (Lipinski definition) is 6. The highest BCUT2D eigenvalue weighted by Gasteiger charge is 2.46. The van der Waals surface area contributed by atoms with E-state index in [1.807, 2.05) is 0 Å². The van der Waals surface area contributed by atoms with E-state index in [-0.39, 0.29) is 6.42 Å². The number of likely N-dealkylation sites (tertiary alicyclic amines) is 1. The molecule has 1 heterocycles. The van der Waals surface area contributed by atoms with E-state index >= 15 is 0 Å². The summed E-state index contributed by atoms with van der Waals surface area (Å²) in [5, 5.41) is 56.9. The molecule has 0 radical (unpaired) electrons. The monoisotopic (exact) mass is 321 g/mol. The minimum atomic E-state index is -1.49. The summed E-state index contributed by atoms with van der Waals surface area (Å²) >= 11 is 0. The Kier molecular flexibility index (Phi) is 8.23. The van der Waals surface area contributed by atoms with Gasteiger partial charge in [0.1, 0.15) is 24.5 Å². The van der Waals surface area contributed by atoms with Crippen LogP contribution in [0.1, 0.15) is 38.5 Å². The van der Waals surface area contributed by atoms with E-state index in [2.05, 4.69) is 0 Å². The summed E-state index contributed by atoms with van der Waals surface area (Å²) < 4.78 is 0. The summed E-state index contributed by atoms with van der Waals surface area (Å²) in [5.41, 5.74) is 0. The van der Waals surface area contributed by atoms with Crippen molar-refractivity contribution >= 4 is 5.97 Å². The smallest absolute Gasteiger partial charge is 0.303 e. The van der Waals surface area contributed by atoms with Gasteiger partial charge in [0.25, 0.3) is 0 Å². The molecule has 1 rings (SSSR count). The maximum atomic E-state index is 10.4. The molecule has 1 aliphatic rings. The van der Waals surface area contributed by atoms with Gasteiger partial charge in [-0.2, -0.15) is 0 Å². The van der Waals surface area contributed by atoms with E-state index in [9.17, 15) is 30.3 Å². The minimum Gasteiger partial charge on any atom is -0.481 e. The average molecular weight is 321 g/mol. The Bertz CT molecular complexity index is 341. The Morgan fingerprint density at radius 3 is 2.05 bits per heavy atom. The van der Waals surface area contributed by atoms with Crippen molar-refractivity contribution in [3.8, 4) is 0 Å². The van der Waals surface area contributed by atoms with E-state index in [4.69, 9.17) is 5.11 Å². The summed E-state index contributed by atoms with van der Waals surface area (Å²) in [6, 6.07) is -0.819. The highest BCUT2D eigenvalue weighted by Crippen LogP contribution is 2.24. The topological polar surface area (TPSA) is 142 Å². The second kappa shape index (κ2) is 9.39. The molecule has 0 bridgehead atoms. The van der Waals surface area contributed by atoms with Crippen LogP contribution >= 0.6 is 0 Å². The summed E-state index contributed by atoms with van der Waals surface area (Å²) in [7, 11) is 0. The van der Waals surface area contributed by atoms with Crippen LogP contribution in [0.2, 0.25) is 0 Å². The molecule has 0 saturated carbocycles. The quantitative estimate of drug-likeness (QED) is 0.281. The van der Waals surface area contributed by atoms with Gasteiger partial charge in [-0.1, -0.05) is 19.3 Å². The number of nitrogens with zero attached hydrogens (tertiary/aromatic N) is 1. The van der Waals surface area contributed by atoms with Crippen LogP contribution in [0, 0.1) is 0 Å². The molecule has 22 heavy (non-hydrogen) atoms. The van der Waals surface area contributed by atoms with Gasteiger partial charge in [-0.15, -0.1) is 0 Å². The normalized spacial score (nSPS) is 33.0. The van der Waals surface area contributed by atoms with Gasteiger partial charge < -0.3 is 30.6 Å². The first-order chi connectivity index (χ1) is 10.4. The Hall–Kier alpha value is -0.770. The molecule has 0 aromatic carbocycles. The lowest BCUT2D eigenvalue weighted by atomic mass is 9.92. The van der Waals surface area contributed by atoms with Crippen LogP contribution in [-0.4, -0.2) is 85.2 Å². The number of piperidine rings is 1. The zero-order valence-electron chi connectivity index (χ0n) is 12.6. The summed E-state index contributed by atoms with van der Waals surface area (Å²) in [6.07, 6.45) is -1.67. The number of aliphatic hydroxyl groups is 5. The number of rotatable bonds is 9. The average Bonchev–Trinajstić information content (AvgIpc) is 2.48. The van der Waals surface area contributed by atoms with Gasteiger partial charge in [0.2, 0.25) is 0 Å². The molecule has 5 atom stereocenters. The molecule has 0 amide bonds. The van der Waals surface area contributed by atoms with Crippen LogP contribution in [0.25, 0.3) is 0 Å². The molecule has 1 saturated heterocycles. The minimum absolute atomic E-state index is 0.160. The number of aliphatic carboxylic acids is 1. The standard InChI is InChI=1S/C14H27NO7/c16-8-9-11(19)12(20)13(21)14(22)15(9)7-5-3-1-2-4-6-10(17)18/h9,11-14,16,19-22H,1-8H2,(H,17,18)/t9-,11-,12+,13-,14?/m1/s1. The van der Waals surface area contributed by atoms with Crippen molar-refractivity contribution in [2.24, 2.45) is 0 Å². The fraction of sp³-hybridized carbons (Fsp3) is 0.929. The van der Waals surface area contributed by atoms with E-state index in [0.717, 1.165) is 19.3 Å². The SMILES string of the molecule is O=C(O)CCCCCCCN1C(O)[C@H](O)[C@@H](O)[C@H](O)[C@H]1CO. The predicted octanol–water partition coefficient (Wildman–Crippen LogP) is -1.51. The third kappa shape index (κ3) is 5.15. The van der Waals surface area contributed by atoms with Crippen LogP contribution in [0.15, 0.2) is 0 Å². The fourth-order valence-electron chi connectivity index (χ4n) is 2.81. The van der Waals surface area contributed by atoms with Crippen molar-refractivity contribution in [1.82, 2.24) is 4.90 Å². The summed E-state index contributed by atoms with van der Waals surface area (Å²) in [5.74, 6) is -0.802. The lowest BCUT2D eigenvalue weighted by molar-refractivity contribution is -0.222. The van der Waals surface area contributed by atoms with Gasteiger partial charge in [0, 0.05) is 13.0 Å². The molecular formula is C14H27NO7. The molecule has 1 fully saturated rings. The molecule has 6 N–H and O–H groups in total. The molecular weight excluding hydrogens is 294 g/mol. The predicted molar refractivity (Wildman–Crippen MR) is 76.9 cm³/mol. The van der Waals surface area contributed by atoms with Gasteiger partial charge in [-0.3, -0.25) is 9.69 Å². The second-order valence-electron chi connectivity index (χ2n) is 5.78. The highest BCUT2D eigenvalue weighted by atomic mass is 16.4. The van der Waals surface area contributed by atoms with Crippen LogP contribution in [0.4, 0.5) is 0 Å². The molecule has 0 aliphatic carbocycles. The van der Waals surface area contributed by atoms with Crippen molar-refractivity contribution in [3.05, 3.63) is 0 Å². The number of carboxylic acid groups (broad SMARTS) is 1. The molecule has 0 spiro atoms. The molecule has 1 unspecified atom stereocenters. The number of carbonyl (C=O) groups is 1. The van der Waals surface area contributed by atoms with Crippen LogP contribution in [0.5, 0.6) is 0 Å². The van der Waals surface area contributed by atoms with E-state index in [1.54, 1.807) is 0 Å². The van der Waals surface area contributed by atoms with Gasteiger partial charge in [0.15, 0.2) is 0 Å². The largest absolute Gasteiger partial charge is 0.481 e. The Morgan fingerprint density at radius 1 is 0.864 bits per heavy atom. The number of aliphatic hydroxyl groups excluding tert-OH is 5. The molecule has 1 aliphatic heterocycles. The maximum absolute atomic E-state index is 10.4. The zero-order valence-corrected chi connectivity index (χ0v) is 12.6. The first-order valence-electron chi connectivity index (χ1n) is 7.70. The van der Waals surface area contributed by atoms with Gasteiger partial charge in [-0.05, 0) is 12.8 Å². The van der Waals surface area contributed by atoms with Crippen molar-refractivity contribution < 1.29 is 35.4 Å². The summed E-state index contributed by atoms with van der Waals surface area (Å²) in [6.45, 7) is -0.0627. The van der Waals surface area contributed by atoms with Crippen molar-refractivity contribution in [3.63, 3.8) is 0 Å². The first-order valence-corrected chi connectivity index (χ1v) is 7.70. The maximum Gasteiger partial charge on any atom is 0.303 e. The van der Waals surface area contributed by atoms with Gasteiger partial charge in [0.05, 0.1) is 12.6 Å². The van der Waals surface area contributed by atoms with Gasteiger partial charge >= 0.3 is 5.97 Å². The van der Waals surface area contributed by atoms with E-state index in [1.165, 1.54) is 4.90 Å². The van der Waals surface area contributed by atoms with Crippen LogP contribution < -0.4 is 0 Å². The Morgan fingerprint density at radius 2 is 1.45 bits per heavy atom. The molecule has 0 aromatic heterocycles. The molecule has 8 nitrogen and oxygen atoms in total. The molecule has 8 heteroatoms. The highest BCUT2D eigenvalue weighted by molar-refractivity contribution is 5.66. The fourth-order valence-corrected chi connectivity index (χ4v) is 2.81. The second-order valence-corrected chi connectivity index (χ2v) is 5.78. The summed E-state index contributed by atoms with van der Waals surface area (Å²) in [4.78, 5) is 11.8. The molecule has 130 valence electrons. The van der Waals surface area contributed by atoms with E-state index < -0.39 is 43.2 Å². The van der Waals surface area contributed by atoms with Crippen LogP contribution in [0.3, 0.4) is 0 Å². The number of unbranched alkanes of at least 4 members (excludes halogenated alkanes) is 4. The van der Waals surface area contributed by atoms with E-state index in [0.29, 0.717) is 19.4 Å². The number of hydrogen-bond acceptors (Lipinski definition) is 7. The Balaban J connectivity index is 2.34. The third-order valence-corrected chi connectivity index (χ3v) is 4.16. The zero-order chi connectivity index (χ0) is 16.7. The lowest BCUT2D eigenvalue weighted by Gasteiger charge is -2.46. The van der Waals surface area contributed by atoms with Crippen molar-refractivity contribution in [1.29, 1.82) is 0 Å². The number of carboxylic acids is 1.